The van der Waals surface area contributed by atoms with Crippen LogP contribution >= 0.6 is 11.6 Å². The predicted molar refractivity (Wildman–Crippen MR) is 101 cm³/mol. The first-order valence-corrected chi connectivity index (χ1v) is 8.71. The number of imidazole rings is 1. The topological polar surface area (TPSA) is 71.0 Å². The van der Waals surface area contributed by atoms with E-state index >= 15 is 0 Å². The lowest BCUT2D eigenvalue weighted by Crippen LogP contribution is -2.29. The van der Waals surface area contributed by atoms with Crippen molar-refractivity contribution >= 4 is 23.2 Å². The molecule has 2 atom stereocenters. The van der Waals surface area contributed by atoms with Crippen LogP contribution in [0.4, 0.5) is 5.69 Å². The molecular formula is C19H18ClN5O. The van der Waals surface area contributed by atoms with Crippen molar-refractivity contribution < 1.29 is 4.79 Å². The number of amides is 1. The average Bonchev–Trinajstić information content (AvgIpc) is 3.35. The van der Waals surface area contributed by atoms with Crippen molar-refractivity contribution in [2.45, 2.75) is 6.04 Å². The Balaban J connectivity index is 1.46. The van der Waals surface area contributed by atoms with Gasteiger partial charge in [0.1, 0.15) is 0 Å². The first-order valence-electron chi connectivity index (χ1n) is 8.34. The third-order valence-electron chi connectivity index (χ3n) is 4.49. The number of nitrogens with one attached hydrogen (secondary N) is 3. The predicted octanol–water partition coefficient (Wildman–Crippen LogP) is 2.93. The quantitative estimate of drug-likeness (QED) is 0.663. The molecule has 26 heavy (non-hydrogen) atoms. The summed E-state index contributed by atoms with van der Waals surface area (Å²) in [6, 6.07) is 15.1. The van der Waals surface area contributed by atoms with Crippen LogP contribution < -0.4 is 16.2 Å². The van der Waals surface area contributed by atoms with Gasteiger partial charge in [0.05, 0.1) is 18.3 Å². The molecule has 6 nitrogen and oxygen atoms in total. The van der Waals surface area contributed by atoms with Gasteiger partial charge in [-0.2, -0.15) is 0 Å². The van der Waals surface area contributed by atoms with Gasteiger partial charge >= 0.3 is 0 Å². The molecule has 0 saturated carbocycles. The summed E-state index contributed by atoms with van der Waals surface area (Å²) in [7, 11) is 0. The number of carbonyl (C=O) groups excluding carboxylic acids is 1. The van der Waals surface area contributed by atoms with E-state index in [-0.39, 0.29) is 17.9 Å². The van der Waals surface area contributed by atoms with Gasteiger partial charge < -0.3 is 9.88 Å². The summed E-state index contributed by atoms with van der Waals surface area (Å²) in [5.74, 6) is -0.248. The molecule has 2 unspecified atom stereocenters. The van der Waals surface area contributed by atoms with Crippen molar-refractivity contribution in [1.29, 1.82) is 0 Å². The lowest BCUT2D eigenvalue weighted by molar-refractivity contribution is -0.119. The number of halogens is 1. The van der Waals surface area contributed by atoms with Crippen molar-refractivity contribution in [3.05, 3.63) is 77.8 Å². The summed E-state index contributed by atoms with van der Waals surface area (Å²) in [5.41, 5.74) is 9.03. The summed E-state index contributed by atoms with van der Waals surface area (Å²) < 4.78 is 1.91. The highest BCUT2D eigenvalue weighted by Crippen LogP contribution is 2.27. The summed E-state index contributed by atoms with van der Waals surface area (Å²) in [5, 5.41) is 3.68. The SMILES string of the molecule is O=C(Nc1ccc(-n2ccnc2)cc1)C1CNNC1c1ccc(Cl)cc1. The van der Waals surface area contributed by atoms with E-state index in [1.54, 1.807) is 12.5 Å². The molecule has 1 aliphatic rings. The van der Waals surface area contributed by atoms with Crippen molar-refractivity contribution in [1.82, 2.24) is 20.4 Å². The Kier molecular flexibility index (Phi) is 4.71. The number of aromatic nitrogens is 2. The van der Waals surface area contributed by atoms with Gasteiger partial charge in [-0.05, 0) is 42.0 Å². The molecule has 2 heterocycles. The van der Waals surface area contributed by atoms with Crippen LogP contribution in [0.25, 0.3) is 5.69 Å². The zero-order valence-electron chi connectivity index (χ0n) is 13.9. The molecule has 0 bridgehead atoms. The number of rotatable bonds is 4. The number of carbonyl (C=O) groups is 1. The highest BCUT2D eigenvalue weighted by Gasteiger charge is 2.33. The van der Waals surface area contributed by atoms with Crippen LogP contribution in [-0.2, 0) is 4.79 Å². The van der Waals surface area contributed by atoms with Gasteiger partial charge in [0.25, 0.3) is 0 Å². The second-order valence-corrected chi connectivity index (χ2v) is 6.60. The smallest absolute Gasteiger partial charge is 0.230 e. The molecule has 1 amide bonds. The summed E-state index contributed by atoms with van der Waals surface area (Å²) in [6.45, 7) is 0.562. The van der Waals surface area contributed by atoms with E-state index in [9.17, 15) is 4.79 Å². The Morgan fingerprint density at radius 1 is 1.15 bits per heavy atom. The maximum atomic E-state index is 12.7. The number of hydrazine groups is 1. The van der Waals surface area contributed by atoms with Crippen LogP contribution in [0.15, 0.2) is 67.3 Å². The number of benzene rings is 2. The molecule has 1 aromatic heterocycles. The molecular weight excluding hydrogens is 350 g/mol. The molecule has 7 heteroatoms. The molecule has 132 valence electrons. The highest BCUT2D eigenvalue weighted by atomic mass is 35.5. The van der Waals surface area contributed by atoms with Crippen molar-refractivity contribution in [3.8, 4) is 5.69 Å². The van der Waals surface area contributed by atoms with E-state index in [2.05, 4.69) is 21.2 Å². The van der Waals surface area contributed by atoms with Gasteiger partial charge in [-0.3, -0.25) is 10.2 Å². The Hall–Kier alpha value is -2.67. The molecule has 0 radical (unpaired) electrons. The van der Waals surface area contributed by atoms with Gasteiger partial charge in [-0.15, -0.1) is 0 Å². The van der Waals surface area contributed by atoms with E-state index in [1.165, 1.54) is 0 Å². The zero-order chi connectivity index (χ0) is 17.9. The second-order valence-electron chi connectivity index (χ2n) is 6.17. The van der Waals surface area contributed by atoms with E-state index in [1.807, 2.05) is 59.3 Å². The van der Waals surface area contributed by atoms with Crippen molar-refractivity contribution in [2.75, 3.05) is 11.9 Å². The lowest BCUT2D eigenvalue weighted by atomic mass is 9.94. The molecule has 0 aliphatic carbocycles. The Labute approximate surface area is 156 Å². The first-order chi connectivity index (χ1) is 12.7. The minimum atomic E-state index is -0.218. The van der Waals surface area contributed by atoms with Gasteiger partial charge in [0.15, 0.2) is 0 Å². The van der Waals surface area contributed by atoms with Crippen LogP contribution in [0.3, 0.4) is 0 Å². The van der Waals surface area contributed by atoms with Crippen molar-refractivity contribution in [2.24, 2.45) is 5.92 Å². The zero-order valence-corrected chi connectivity index (χ0v) is 14.6. The van der Waals surface area contributed by atoms with Crippen LogP contribution in [0, 0.1) is 5.92 Å². The Morgan fingerprint density at radius 3 is 2.62 bits per heavy atom. The Morgan fingerprint density at radius 2 is 1.92 bits per heavy atom. The normalized spacial score (nSPS) is 19.4. The monoisotopic (exact) mass is 367 g/mol. The number of nitrogens with zero attached hydrogens (tertiary/aromatic N) is 2. The second kappa shape index (κ2) is 7.29. The van der Waals surface area contributed by atoms with Crippen molar-refractivity contribution in [3.63, 3.8) is 0 Å². The van der Waals surface area contributed by atoms with Gasteiger partial charge in [0.2, 0.25) is 5.91 Å². The largest absolute Gasteiger partial charge is 0.326 e. The third kappa shape index (κ3) is 3.48. The fourth-order valence-electron chi connectivity index (χ4n) is 3.09. The van der Waals surface area contributed by atoms with Gasteiger partial charge in [0, 0.05) is 35.3 Å². The summed E-state index contributed by atoms with van der Waals surface area (Å²) in [4.78, 5) is 16.8. The van der Waals surface area contributed by atoms with Crippen LogP contribution in [0.5, 0.6) is 0 Å². The minimum Gasteiger partial charge on any atom is -0.326 e. The van der Waals surface area contributed by atoms with Crippen LogP contribution in [0.1, 0.15) is 11.6 Å². The molecule has 3 aromatic rings. The Bertz CT molecular complexity index is 877. The highest BCUT2D eigenvalue weighted by molar-refractivity contribution is 6.30. The minimum absolute atomic E-state index is 0.0298. The molecule has 0 spiro atoms. The average molecular weight is 368 g/mol. The standard InChI is InChI=1S/C19H18ClN5O/c20-14-3-1-13(2-4-14)18-17(11-22-24-18)19(26)23-15-5-7-16(8-6-15)25-10-9-21-12-25/h1-10,12,17-18,22,24H,11H2,(H,23,26). The number of anilines is 1. The lowest BCUT2D eigenvalue weighted by Gasteiger charge is -2.18. The molecule has 2 aromatic carbocycles. The van der Waals surface area contributed by atoms with E-state index in [0.717, 1.165) is 16.9 Å². The molecule has 1 saturated heterocycles. The van der Waals surface area contributed by atoms with E-state index in [0.29, 0.717) is 11.6 Å². The summed E-state index contributed by atoms with van der Waals surface area (Å²) >= 11 is 5.95. The fourth-order valence-corrected chi connectivity index (χ4v) is 3.22. The maximum absolute atomic E-state index is 12.7. The van der Waals surface area contributed by atoms with E-state index in [4.69, 9.17) is 11.6 Å². The van der Waals surface area contributed by atoms with Gasteiger partial charge in [-0.25, -0.2) is 10.4 Å². The van der Waals surface area contributed by atoms with Gasteiger partial charge in [-0.1, -0.05) is 23.7 Å². The van der Waals surface area contributed by atoms with E-state index < -0.39 is 0 Å². The van der Waals surface area contributed by atoms with Crippen LogP contribution in [-0.4, -0.2) is 22.0 Å². The molecule has 4 rings (SSSR count). The molecule has 1 fully saturated rings. The molecule has 3 N–H and O–H groups in total. The first kappa shape index (κ1) is 16.8. The fraction of sp³-hybridized carbons (Fsp3) is 0.158. The number of hydrogen-bond donors (Lipinski definition) is 3. The van der Waals surface area contributed by atoms with Crippen LogP contribution in [0.2, 0.25) is 5.02 Å². The third-order valence-corrected chi connectivity index (χ3v) is 4.74. The molecule has 1 aliphatic heterocycles. The number of hydrogen-bond acceptors (Lipinski definition) is 4. The summed E-state index contributed by atoms with van der Waals surface area (Å²) in [6.07, 6.45) is 5.34. The maximum Gasteiger partial charge on any atom is 0.230 e.